The van der Waals surface area contributed by atoms with Gasteiger partial charge in [-0.15, -0.1) is 0 Å². The van der Waals surface area contributed by atoms with E-state index in [0.717, 1.165) is 17.1 Å². The molecule has 0 aliphatic carbocycles. The number of carbonyl (C=O) groups is 1. The largest absolute Gasteiger partial charge is 0.330 e. The van der Waals surface area contributed by atoms with E-state index in [-0.39, 0.29) is 11.5 Å². The molecule has 1 N–H and O–H groups in total. The number of nitrogens with one attached hydrogen (secondary N) is 1. The van der Waals surface area contributed by atoms with Crippen molar-refractivity contribution in [2.75, 3.05) is 0 Å². The van der Waals surface area contributed by atoms with E-state index in [9.17, 15) is 9.59 Å². The topological polar surface area (TPSA) is 54.9 Å². The van der Waals surface area contributed by atoms with Gasteiger partial charge in [0.1, 0.15) is 0 Å². The predicted molar refractivity (Wildman–Crippen MR) is 65.9 cm³/mol. The molecule has 0 amide bonds. The van der Waals surface area contributed by atoms with E-state index in [0.29, 0.717) is 5.56 Å². The van der Waals surface area contributed by atoms with Crippen molar-refractivity contribution in [2.45, 2.75) is 20.8 Å². The molecule has 0 saturated carbocycles. The van der Waals surface area contributed by atoms with Crippen LogP contribution in [-0.2, 0) is 0 Å². The summed E-state index contributed by atoms with van der Waals surface area (Å²) in [5.41, 5.74) is 2.99. The molecule has 17 heavy (non-hydrogen) atoms. The number of aromatic amines is 1. The Morgan fingerprint density at radius 1 is 1.18 bits per heavy atom. The Kier molecular flexibility index (Phi) is 2.71. The Balaban J connectivity index is 2.54. The summed E-state index contributed by atoms with van der Waals surface area (Å²) < 4.78 is 1.60. The van der Waals surface area contributed by atoms with Gasteiger partial charge in [-0.1, -0.05) is 0 Å². The van der Waals surface area contributed by atoms with Crippen LogP contribution < -0.4 is 5.69 Å². The van der Waals surface area contributed by atoms with Gasteiger partial charge in [0, 0.05) is 17.0 Å². The molecule has 1 aromatic carbocycles. The van der Waals surface area contributed by atoms with Crippen molar-refractivity contribution in [1.82, 2.24) is 9.55 Å². The fourth-order valence-electron chi connectivity index (χ4n) is 1.78. The van der Waals surface area contributed by atoms with Crippen LogP contribution in [0.1, 0.15) is 28.7 Å². The molecule has 0 unspecified atom stereocenters. The van der Waals surface area contributed by atoms with Gasteiger partial charge in [-0.25, -0.2) is 4.79 Å². The summed E-state index contributed by atoms with van der Waals surface area (Å²) in [6.45, 7) is 5.26. The van der Waals surface area contributed by atoms with Crippen LogP contribution in [0, 0.1) is 13.8 Å². The maximum absolute atomic E-state index is 11.7. The fourth-order valence-corrected chi connectivity index (χ4v) is 1.78. The predicted octanol–water partition coefficient (Wildman–Crippen LogP) is 1.99. The summed E-state index contributed by atoms with van der Waals surface area (Å²) in [6, 6.07) is 7.01. The van der Waals surface area contributed by atoms with Crippen LogP contribution in [0.15, 0.2) is 29.1 Å². The average Bonchev–Trinajstić information content (AvgIpc) is 2.53. The number of ketones is 1. The number of hydrogen-bond acceptors (Lipinski definition) is 2. The molecule has 4 heteroatoms. The molecule has 0 fully saturated rings. The second-order valence-electron chi connectivity index (χ2n) is 4.08. The molecular weight excluding hydrogens is 216 g/mol. The molecule has 0 saturated heterocycles. The van der Waals surface area contributed by atoms with Crippen LogP contribution in [0.2, 0.25) is 0 Å². The first-order chi connectivity index (χ1) is 8.00. The zero-order valence-corrected chi connectivity index (χ0v) is 10.1. The lowest BCUT2D eigenvalue weighted by molar-refractivity contribution is 0.101. The highest BCUT2D eigenvalue weighted by molar-refractivity contribution is 5.94. The first-order valence-corrected chi connectivity index (χ1v) is 5.40. The number of H-pyrrole nitrogens is 1. The minimum absolute atomic E-state index is 0.0193. The van der Waals surface area contributed by atoms with E-state index < -0.39 is 0 Å². The number of Topliss-reactive ketones (excluding diaryl/α,β-unsaturated/α-hetero) is 1. The molecule has 0 aliphatic rings. The van der Waals surface area contributed by atoms with Crippen LogP contribution in [0.3, 0.4) is 0 Å². The third kappa shape index (κ3) is 1.93. The molecule has 1 aromatic heterocycles. The smallest absolute Gasteiger partial charge is 0.310 e. The van der Waals surface area contributed by atoms with Crippen molar-refractivity contribution in [3.8, 4) is 5.69 Å². The number of imidazole rings is 1. The zero-order chi connectivity index (χ0) is 12.6. The minimum atomic E-state index is -0.157. The summed E-state index contributed by atoms with van der Waals surface area (Å²) in [7, 11) is 0. The van der Waals surface area contributed by atoms with Crippen LogP contribution in [0.5, 0.6) is 0 Å². The second kappa shape index (κ2) is 4.05. The molecule has 0 radical (unpaired) electrons. The van der Waals surface area contributed by atoms with E-state index >= 15 is 0 Å². The Morgan fingerprint density at radius 2 is 1.76 bits per heavy atom. The van der Waals surface area contributed by atoms with Crippen molar-refractivity contribution < 1.29 is 4.79 Å². The highest BCUT2D eigenvalue weighted by Gasteiger charge is 2.08. The van der Waals surface area contributed by atoms with Crippen LogP contribution in [0.25, 0.3) is 5.69 Å². The molecule has 0 spiro atoms. The van der Waals surface area contributed by atoms with Crippen molar-refractivity contribution >= 4 is 5.78 Å². The van der Waals surface area contributed by atoms with E-state index in [1.807, 2.05) is 13.8 Å². The number of rotatable bonds is 2. The number of aromatic nitrogens is 2. The van der Waals surface area contributed by atoms with Gasteiger partial charge in [0.15, 0.2) is 5.78 Å². The summed E-state index contributed by atoms with van der Waals surface area (Å²) in [5, 5.41) is 0. The molecule has 0 atom stereocenters. The molecular formula is C13H14N2O2. The van der Waals surface area contributed by atoms with Crippen LogP contribution in [-0.4, -0.2) is 15.3 Å². The Morgan fingerprint density at radius 3 is 2.18 bits per heavy atom. The number of nitrogens with zero attached hydrogens (tertiary/aromatic N) is 1. The molecule has 2 aromatic rings. The van der Waals surface area contributed by atoms with Gasteiger partial charge >= 0.3 is 5.69 Å². The normalized spacial score (nSPS) is 10.5. The second-order valence-corrected chi connectivity index (χ2v) is 4.08. The van der Waals surface area contributed by atoms with Crippen LogP contribution in [0.4, 0.5) is 0 Å². The monoisotopic (exact) mass is 230 g/mol. The SMILES string of the molecule is CC(=O)c1ccc(-n2c(C)c(C)[nH]c2=O)cc1. The summed E-state index contributed by atoms with van der Waals surface area (Å²) >= 11 is 0. The first kappa shape index (κ1) is 11.4. The van der Waals surface area contributed by atoms with Gasteiger partial charge in [-0.3, -0.25) is 9.36 Å². The number of carbonyl (C=O) groups excluding carboxylic acids is 1. The molecule has 88 valence electrons. The van der Waals surface area contributed by atoms with Gasteiger partial charge in [0.2, 0.25) is 0 Å². The zero-order valence-electron chi connectivity index (χ0n) is 10.1. The lowest BCUT2D eigenvalue weighted by Gasteiger charge is -2.05. The van der Waals surface area contributed by atoms with Crippen molar-refractivity contribution in [1.29, 1.82) is 0 Å². The van der Waals surface area contributed by atoms with E-state index in [4.69, 9.17) is 0 Å². The van der Waals surface area contributed by atoms with Crippen LogP contribution >= 0.6 is 0 Å². The Hall–Kier alpha value is -2.10. The Bertz CT molecular complexity index is 618. The van der Waals surface area contributed by atoms with E-state index in [1.54, 1.807) is 28.8 Å². The summed E-state index contributed by atoms with van der Waals surface area (Å²) in [5.74, 6) is 0.0193. The molecule has 0 aliphatic heterocycles. The van der Waals surface area contributed by atoms with Gasteiger partial charge in [0.25, 0.3) is 0 Å². The average molecular weight is 230 g/mol. The summed E-state index contributed by atoms with van der Waals surface area (Å²) in [4.78, 5) is 25.6. The standard InChI is InChI=1S/C13H14N2O2/c1-8-9(2)15(13(17)14-8)12-6-4-11(5-7-12)10(3)16/h4-7H,1-3H3,(H,14,17). The first-order valence-electron chi connectivity index (χ1n) is 5.40. The van der Waals surface area contributed by atoms with Gasteiger partial charge < -0.3 is 4.98 Å². The number of aryl methyl sites for hydroxylation is 1. The van der Waals surface area contributed by atoms with Gasteiger partial charge in [0.05, 0.1) is 5.69 Å². The van der Waals surface area contributed by atoms with Crippen molar-refractivity contribution in [3.63, 3.8) is 0 Å². The maximum Gasteiger partial charge on any atom is 0.330 e. The Labute approximate surface area is 98.9 Å². The minimum Gasteiger partial charge on any atom is -0.310 e. The van der Waals surface area contributed by atoms with E-state index in [2.05, 4.69) is 4.98 Å². The van der Waals surface area contributed by atoms with Crippen molar-refractivity contribution in [2.24, 2.45) is 0 Å². The summed E-state index contributed by atoms with van der Waals surface area (Å²) in [6.07, 6.45) is 0. The third-order valence-corrected chi connectivity index (χ3v) is 2.91. The van der Waals surface area contributed by atoms with Crippen molar-refractivity contribution in [3.05, 3.63) is 51.7 Å². The quantitative estimate of drug-likeness (QED) is 0.802. The molecule has 0 bridgehead atoms. The fraction of sp³-hybridized carbons (Fsp3) is 0.231. The van der Waals surface area contributed by atoms with E-state index in [1.165, 1.54) is 6.92 Å². The number of hydrogen-bond donors (Lipinski definition) is 1. The maximum atomic E-state index is 11.7. The molecule has 4 nitrogen and oxygen atoms in total. The molecule has 1 heterocycles. The lowest BCUT2D eigenvalue weighted by Crippen LogP contribution is -2.15. The highest BCUT2D eigenvalue weighted by Crippen LogP contribution is 2.12. The van der Waals surface area contributed by atoms with Gasteiger partial charge in [-0.2, -0.15) is 0 Å². The van der Waals surface area contributed by atoms with Gasteiger partial charge in [-0.05, 0) is 45.0 Å². The lowest BCUT2D eigenvalue weighted by atomic mass is 10.1. The highest BCUT2D eigenvalue weighted by atomic mass is 16.1. The third-order valence-electron chi connectivity index (χ3n) is 2.91. The number of benzene rings is 1. The molecule has 2 rings (SSSR count).